The predicted molar refractivity (Wildman–Crippen MR) is 85.9 cm³/mol. The average Bonchev–Trinajstić information content (AvgIpc) is 2.84. The Labute approximate surface area is 123 Å². The van der Waals surface area contributed by atoms with Gasteiger partial charge in [-0.25, -0.2) is 4.98 Å². The quantitative estimate of drug-likeness (QED) is 0.844. The van der Waals surface area contributed by atoms with Gasteiger partial charge in [-0.05, 0) is 39.2 Å². The highest BCUT2D eigenvalue weighted by Gasteiger charge is 2.10. The Hall–Kier alpha value is -0.840. The van der Waals surface area contributed by atoms with Gasteiger partial charge < -0.3 is 5.32 Å². The van der Waals surface area contributed by atoms with Crippen molar-refractivity contribution in [2.24, 2.45) is 0 Å². The lowest BCUT2D eigenvalue weighted by Gasteiger charge is -2.19. The maximum atomic E-state index is 4.51. The van der Waals surface area contributed by atoms with Crippen LogP contribution in [0.25, 0.3) is 10.6 Å². The first-order valence-electron chi connectivity index (χ1n) is 6.32. The zero-order valence-electron chi connectivity index (χ0n) is 11.9. The molecule has 2 nitrogen and oxygen atoms in total. The molecule has 4 heteroatoms. The van der Waals surface area contributed by atoms with Gasteiger partial charge in [0.05, 0.1) is 0 Å². The van der Waals surface area contributed by atoms with E-state index in [0.29, 0.717) is 0 Å². The Kier molecular flexibility index (Phi) is 4.66. The van der Waals surface area contributed by atoms with E-state index in [4.69, 9.17) is 0 Å². The first-order valence-corrected chi connectivity index (χ1v) is 8.36. The van der Waals surface area contributed by atoms with Crippen molar-refractivity contribution in [3.05, 3.63) is 35.3 Å². The number of rotatable bonds is 4. The molecule has 0 atom stereocenters. The van der Waals surface area contributed by atoms with Crippen molar-refractivity contribution in [3.8, 4) is 10.6 Å². The van der Waals surface area contributed by atoms with Gasteiger partial charge in [-0.15, -0.1) is 23.1 Å². The van der Waals surface area contributed by atoms with Crippen molar-refractivity contribution in [2.75, 3.05) is 6.26 Å². The molecule has 0 spiro atoms. The fraction of sp³-hybridized carbons (Fsp3) is 0.400. The highest BCUT2D eigenvalue weighted by molar-refractivity contribution is 7.98. The van der Waals surface area contributed by atoms with Crippen LogP contribution in [0.4, 0.5) is 0 Å². The van der Waals surface area contributed by atoms with Crippen LogP contribution in [-0.4, -0.2) is 16.8 Å². The zero-order chi connectivity index (χ0) is 13.9. The number of nitrogens with zero attached hydrogens (tertiary/aromatic N) is 1. The highest BCUT2D eigenvalue weighted by atomic mass is 32.2. The van der Waals surface area contributed by atoms with Crippen LogP contribution in [0.5, 0.6) is 0 Å². The van der Waals surface area contributed by atoms with Crippen LogP contribution < -0.4 is 5.32 Å². The summed E-state index contributed by atoms with van der Waals surface area (Å²) in [5, 5.41) is 4.58. The number of thioether (sulfide) groups is 1. The van der Waals surface area contributed by atoms with Gasteiger partial charge in [0.2, 0.25) is 0 Å². The third-order valence-corrected chi connectivity index (χ3v) is 4.47. The predicted octanol–water partition coefficient (Wildman–Crippen LogP) is 4.42. The molecule has 0 radical (unpaired) electrons. The fourth-order valence-electron chi connectivity index (χ4n) is 1.61. The van der Waals surface area contributed by atoms with Crippen molar-refractivity contribution in [1.29, 1.82) is 0 Å². The van der Waals surface area contributed by atoms with E-state index in [0.717, 1.165) is 11.6 Å². The smallest absolute Gasteiger partial charge is 0.123 e. The molecule has 1 aromatic carbocycles. The second-order valence-electron chi connectivity index (χ2n) is 5.46. The second-order valence-corrected chi connectivity index (χ2v) is 7.46. The third kappa shape index (κ3) is 4.34. The molecule has 2 aromatic rings. The van der Waals surface area contributed by atoms with E-state index in [1.165, 1.54) is 15.3 Å². The number of hydrogen-bond donors (Lipinski definition) is 1. The maximum Gasteiger partial charge on any atom is 0.123 e. The molecule has 0 saturated carbocycles. The van der Waals surface area contributed by atoms with Crippen LogP contribution in [0.15, 0.2) is 35.4 Å². The lowest BCUT2D eigenvalue weighted by atomic mass is 10.1. The Morgan fingerprint density at radius 1 is 1.21 bits per heavy atom. The van der Waals surface area contributed by atoms with E-state index in [1.807, 2.05) is 6.20 Å². The van der Waals surface area contributed by atoms with E-state index < -0.39 is 0 Å². The van der Waals surface area contributed by atoms with Crippen molar-refractivity contribution in [1.82, 2.24) is 10.3 Å². The first-order chi connectivity index (χ1) is 8.98. The summed E-state index contributed by atoms with van der Waals surface area (Å²) in [5.41, 5.74) is 1.34. The van der Waals surface area contributed by atoms with Crippen LogP contribution >= 0.6 is 23.1 Å². The lowest BCUT2D eigenvalue weighted by molar-refractivity contribution is 0.426. The van der Waals surface area contributed by atoms with Crippen LogP contribution in [0.1, 0.15) is 25.6 Å². The number of benzene rings is 1. The van der Waals surface area contributed by atoms with Gasteiger partial charge in [0.25, 0.3) is 0 Å². The molecule has 0 saturated heterocycles. The Balaban J connectivity index is 2.07. The monoisotopic (exact) mass is 292 g/mol. The minimum Gasteiger partial charge on any atom is -0.307 e. The van der Waals surface area contributed by atoms with Gasteiger partial charge >= 0.3 is 0 Å². The number of aromatic nitrogens is 1. The molecule has 0 aliphatic rings. The summed E-state index contributed by atoms with van der Waals surface area (Å²) in [6.07, 6.45) is 4.07. The molecule has 1 aromatic heterocycles. The van der Waals surface area contributed by atoms with Crippen molar-refractivity contribution < 1.29 is 0 Å². The number of nitrogens with one attached hydrogen (secondary N) is 1. The first kappa shape index (κ1) is 14.6. The van der Waals surface area contributed by atoms with Gasteiger partial charge in [-0.2, -0.15) is 0 Å². The normalized spacial score (nSPS) is 11.8. The molecular weight excluding hydrogens is 272 g/mol. The molecule has 102 valence electrons. The summed E-state index contributed by atoms with van der Waals surface area (Å²) >= 11 is 3.52. The van der Waals surface area contributed by atoms with Crippen molar-refractivity contribution in [2.45, 2.75) is 37.8 Å². The van der Waals surface area contributed by atoms with E-state index in [1.54, 1.807) is 23.1 Å². The van der Waals surface area contributed by atoms with Crippen LogP contribution in [0.3, 0.4) is 0 Å². The largest absolute Gasteiger partial charge is 0.307 e. The average molecular weight is 292 g/mol. The van der Waals surface area contributed by atoms with Crippen molar-refractivity contribution >= 4 is 23.1 Å². The summed E-state index contributed by atoms with van der Waals surface area (Å²) < 4.78 is 0. The standard InChI is InChI=1S/C15H20N2S2/c1-15(2,3)17-10-13-9-16-14(19-13)11-5-7-12(18-4)8-6-11/h5-9,17H,10H2,1-4H3. The molecule has 0 aliphatic heterocycles. The molecule has 2 rings (SSSR count). The third-order valence-electron chi connectivity index (χ3n) is 2.68. The maximum absolute atomic E-state index is 4.51. The van der Waals surface area contributed by atoms with Crippen molar-refractivity contribution in [3.63, 3.8) is 0 Å². The minimum absolute atomic E-state index is 0.143. The number of hydrogen-bond acceptors (Lipinski definition) is 4. The van der Waals surface area contributed by atoms with E-state index >= 15 is 0 Å². The van der Waals surface area contributed by atoms with Gasteiger partial charge in [0.15, 0.2) is 0 Å². The topological polar surface area (TPSA) is 24.9 Å². The van der Waals surface area contributed by atoms with E-state index in [9.17, 15) is 0 Å². The number of thiazole rings is 1. The van der Waals surface area contributed by atoms with Gasteiger partial charge in [0.1, 0.15) is 5.01 Å². The van der Waals surface area contributed by atoms with E-state index in [-0.39, 0.29) is 5.54 Å². The summed E-state index contributed by atoms with van der Waals surface area (Å²) in [4.78, 5) is 7.08. The van der Waals surface area contributed by atoms with Gasteiger partial charge in [0, 0.05) is 33.6 Å². The zero-order valence-corrected chi connectivity index (χ0v) is 13.5. The lowest BCUT2D eigenvalue weighted by Crippen LogP contribution is -2.34. The molecule has 0 amide bonds. The van der Waals surface area contributed by atoms with Gasteiger partial charge in [-0.3, -0.25) is 0 Å². The highest BCUT2D eigenvalue weighted by Crippen LogP contribution is 2.27. The van der Waals surface area contributed by atoms with Crippen LogP contribution in [0, 0.1) is 0 Å². The van der Waals surface area contributed by atoms with Crippen LogP contribution in [-0.2, 0) is 6.54 Å². The fourth-order valence-corrected chi connectivity index (χ4v) is 2.87. The summed E-state index contributed by atoms with van der Waals surface area (Å²) in [7, 11) is 0. The summed E-state index contributed by atoms with van der Waals surface area (Å²) in [6.45, 7) is 7.41. The molecule has 0 bridgehead atoms. The van der Waals surface area contributed by atoms with Gasteiger partial charge in [-0.1, -0.05) is 12.1 Å². The molecular formula is C15H20N2S2. The molecule has 1 heterocycles. The second kappa shape index (κ2) is 6.07. The van der Waals surface area contributed by atoms with E-state index in [2.05, 4.69) is 61.6 Å². The molecule has 0 aliphatic carbocycles. The Bertz CT molecular complexity index is 524. The Morgan fingerprint density at radius 2 is 1.89 bits per heavy atom. The Morgan fingerprint density at radius 3 is 2.47 bits per heavy atom. The molecule has 0 unspecified atom stereocenters. The van der Waals surface area contributed by atoms with Crippen LogP contribution in [0.2, 0.25) is 0 Å². The summed E-state index contributed by atoms with van der Waals surface area (Å²) in [5.74, 6) is 0. The molecule has 0 fully saturated rings. The minimum atomic E-state index is 0.143. The summed E-state index contributed by atoms with van der Waals surface area (Å²) in [6, 6.07) is 8.58. The SMILES string of the molecule is CSc1ccc(-c2ncc(CNC(C)(C)C)s2)cc1. The molecule has 1 N–H and O–H groups in total. The molecule has 19 heavy (non-hydrogen) atoms.